The molecule has 2 fully saturated rings. The van der Waals surface area contributed by atoms with Gasteiger partial charge in [0, 0.05) is 56.7 Å². The van der Waals surface area contributed by atoms with Gasteiger partial charge in [0.25, 0.3) is 5.56 Å². The monoisotopic (exact) mass is 409 g/mol. The highest BCUT2D eigenvalue weighted by Crippen LogP contribution is 2.33. The first-order valence-corrected chi connectivity index (χ1v) is 10.4. The molecule has 2 N–H and O–H groups in total. The molecule has 0 aliphatic carbocycles. The summed E-state index contributed by atoms with van der Waals surface area (Å²) < 4.78 is 0. The van der Waals surface area contributed by atoms with E-state index < -0.39 is 0 Å². The molecule has 30 heavy (non-hydrogen) atoms. The van der Waals surface area contributed by atoms with Crippen molar-refractivity contribution in [1.82, 2.24) is 14.9 Å². The maximum Gasteiger partial charge on any atom is 0.252 e. The van der Waals surface area contributed by atoms with Crippen LogP contribution in [0, 0.1) is 13.8 Å². The Labute approximate surface area is 175 Å². The van der Waals surface area contributed by atoms with Crippen LogP contribution in [0.5, 0.6) is 0 Å². The summed E-state index contributed by atoms with van der Waals surface area (Å²) in [6.45, 7) is 6.42. The summed E-state index contributed by atoms with van der Waals surface area (Å²) in [6, 6.07) is 7.42. The molecule has 8 heteroatoms. The van der Waals surface area contributed by atoms with Crippen LogP contribution in [0.2, 0.25) is 0 Å². The number of aromatic nitrogens is 2. The lowest BCUT2D eigenvalue weighted by Crippen LogP contribution is -2.30. The molecule has 3 heterocycles. The van der Waals surface area contributed by atoms with E-state index in [0.717, 1.165) is 29.8 Å². The summed E-state index contributed by atoms with van der Waals surface area (Å²) in [4.78, 5) is 47.4. The van der Waals surface area contributed by atoms with E-state index in [1.165, 1.54) is 6.07 Å². The van der Waals surface area contributed by atoms with Gasteiger partial charge >= 0.3 is 0 Å². The van der Waals surface area contributed by atoms with Crippen LogP contribution in [0.3, 0.4) is 0 Å². The van der Waals surface area contributed by atoms with Crippen molar-refractivity contribution in [1.29, 1.82) is 0 Å². The van der Waals surface area contributed by atoms with Crippen LogP contribution >= 0.6 is 0 Å². The van der Waals surface area contributed by atoms with Crippen LogP contribution in [0.15, 0.2) is 29.1 Å². The number of aryl methyl sites for hydroxylation is 1. The summed E-state index contributed by atoms with van der Waals surface area (Å²) >= 11 is 0. The Hall–Kier alpha value is -3.16. The smallest absolute Gasteiger partial charge is 0.252 e. The number of nitrogens with one attached hydrogen (secondary N) is 2. The molecule has 2 aliphatic heterocycles. The number of anilines is 2. The van der Waals surface area contributed by atoms with Gasteiger partial charge in [0.05, 0.1) is 5.69 Å². The zero-order valence-corrected chi connectivity index (χ0v) is 17.4. The molecule has 2 amide bonds. The lowest BCUT2D eigenvalue weighted by atomic mass is 10.0. The molecule has 1 aromatic carbocycles. The molecule has 2 aliphatic rings. The topological polar surface area (TPSA) is 98.4 Å². The van der Waals surface area contributed by atoms with Crippen molar-refractivity contribution in [3.8, 4) is 0 Å². The Bertz CT molecular complexity index is 1030. The highest BCUT2D eigenvalue weighted by Gasteiger charge is 2.33. The highest BCUT2D eigenvalue weighted by atomic mass is 16.2. The summed E-state index contributed by atoms with van der Waals surface area (Å²) in [5.74, 6) is 0.447. The Morgan fingerprint density at radius 1 is 1.20 bits per heavy atom. The fourth-order valence-electron chi connectivity index (χ4n) is 4.19. The van der Waals surface area contributed by atoms with Crippen molar-refractivity contribution in [2.45, 2.75) is 39.0 Å². The van der Waals surface area contributed by atoms with E-state index in [2.05, 4.69) is 15.3 Å². The van der Waals surface area contributed by atoms with Crippen LogP contribution in [0.1, 0.15) is 42.0 Å². The molecule has 158 valence electrons. The van der Waals surface area contributed by atoms with E-state index in [1.54, 1.807) is 4.90 Å². The minimum absolute atomic E-state index is 0.0397. The summed E-state index contributed by atoms with van der Waals surface area (Å²) in [7, 11) is 0. The van der Waals surface area contributed by atoms with Gasteiger partial charge in [-0.25, -0.2) is 4.98 Å². The van der Waals surface area contributed by atoms with Crippen LogP contribution in [0.4, 0.5) is 11.6 Å². The predicted octanol–water partition coefficient (Wildman–Crippen LogP) is 1.94. The largest absolute Gasteiger partial charge is 0.354 e. The van der Waals surface area contributed by atoms with E-state index in [1.807, 2.05) is 36.9 Å². The number of carbonyl (C=O) groups excluding carboxylic acids is 2. The van der Waals surface area contributed by atoms with Crippen molar-refractivity contribution in [3.63, 3.8) is 0 Å². The number of hydrogen-bond acceptors (Lipinski definition) is 5. The van der Waals surface area contributed by atoms with Crippen molar-refractivity contribution in [3.05, 3.63) is 51.4 Å². The fourth-order valence-corrected chi connectivity index (χ4v) is 4.19. The number of rotatable bonds is 6. The lowest BCUT2D eigenvalue weighted by molar-refractivity contribution is -0.127. The predicted molar refractivity (Wildman–Crippen MR) is 115 cm³/mol. The minimum atomic E-state index is -0.252. The first kappa shape index (κ1) is 20.1. The number of hydrogen-bond donors (Lipinski definition) is 2. The van der Waals surface area contributed by atoms with E-state index in [-0.39, 0.29) is 23.3 Å². The SMILES string of the molecule is Cc1cccc(N2C[C@H](c3cc(=O)[nH]c(NCCN4CCCC4=O)n3)CC2=O)c1C. The molecule has 0 bridgehead atoms. The van der Waals surface area contributed by atoms with Gasteiger partial charge in [-0.15, -0.1) is 0 Å². The maximum absolute atomic E-state index is 12.7. The number of carbonyl (C=O) groups is 2. The van der Waals surface area contributed by atoms with Gasteiger partial charge in [-0.3, -0.25) is 19.4 Å². The second-order valence-corrected chi connectivity index (χ2v) is 8.05. The standard InChI is InChI=1S/C22H27N5O3/c1-14-5-3-6-18(15(14)2)27-13-16(11-21(27)30)17-12-19(28)25-22(24-17)23-8-10-26-9-4-7-20(26)29/h3,5-6,12,16H,4,7-11,13H2,1-2H3,(H2,23,24,25,28)/t16-/m1/s1. The Balaban J connectivity index is 1.46. The third kappa shape index (κ3) is 4.08. The second kappa shape index (κ2) is 8.30. The maximum atomic E-state index is 12.7. The van der Waals surface area contributed by atoms with Crippen molar-refractivity contribution in [2.24, 2.45) is 0 Å². The molecular weight excluding hydrogens is 382 g/mol. The average Bonchev–Trinajstić information content (AvgIpc) is 3.29. The molecule has 4 rings (SSSR count). The number of likely N-dealkylation sites (tertiary alicyclic amines) is 1. The second-order valence-electron chi connectivity index (χ2n) is 8.05. The molecule has 0 spiro atoms. The molecule has 0 saturated carbocycles. The summed E-state index contributed by atoms with van der Waals surface area (Å²) in [6.07, 6.45) is 1.83. The Morgan fingerprint density at radius 3 is 2.80 bits per heavy atom. The third-order valence-corrected chi connectivity index (χ3v) is 6.02. The van der Waals surface area contributed by atoms with E-state index in [9.17, 15) is 14.4 Å². The van der Waals surface area contributed by atoms with Gasteiger partial charge < -0.3 is 15.1 Å². The highest BCUT2D eigenvalue weighted by molar-refractivity contribution is 5.97. The van der Waals surface area contributed by atoms with E-state index in [4.69, 9.17) is 0 Å². The minimum Gasteiger partial charge on any atom is -0.354 e. The van der Waals surface area contributed by atoms with Gasteiger partial charge in [-0.05, 0) is 37.5 Å². The molecule has 0 radical (unpaired) electrons. The first-order valence-electron chi connectivity index (χ1n) is 10.4. The number of benzene rings is 1. The molecule has 1 aromatic heterocycles. The average molecular weight is 409 g/mol. The van der Waals surface area contributed by atoms with Gasteiger partial charge in [0.1, 0.15) is 0 Å². The molecule has 2 saturated heterocycles. The molecule has 0 unspecified atom stereocenters. The summed E-state index contributed by atoms with van der Waals surface area (Å²) in [5.41, 5.74) is 3.50. The van der Waals surface area contributed by atoms with Crippen LogP contribution in [-0.4, -0.2) is 52.9 Å². The number of nitrogens with zero attached hydrogens (tertiary/aromatic N) is 3. The number of H-pyrrole nitrogens is 1. The van der Waals surface area contributed by atoms with Crippen molar-refractivity contribution < 1.29 is 9.59 Å². The van der Waals surface area contributed by atoms with Crippen LogP contribution < -0.4 is 15.8 Å². The molecule has 2 aromatic rings. The number of aromatic amines is 1. The van der Waals surface area contributed by atoms with Gasteiger partial charge in [0.15, 0.2) is 0 Å². The van der Waals surface area contributed by atoms with Crippen molar-refractivity contribution >= 4 is 23.5 Å². The number of amides is 2. The molecule has 8 nitrogen and oxygen atoms in total. The quantitative estimate of drug-likeness (QED) is 0.760. The zero-order chi connectivity index (χ0) is 21.3. The van der Waals surface area contributed by atoms with Gasteiger partial charge in [-0.2, -0.15) is 0 Å². The first-order chi connectivity index (χ1) is 14.4. The normalized spacial score (nSPS) is 19.1. The Morgan fingerprint density at radius 2 is 2.03 bits per heavy atom. The zero-order valence-electron chi connectivity index (χ0n) is 17.4. The molecular formula is C22H27N5O3. The fraction of sp³-hybridized carbons (Fsp3) is 0.455. The van der Waals surface area contributed by atoms with Crippen LogP contribution in [0.25, 0.3) is 0 Å². The van der Waals surface area contributed by atoms with E-state index >= 15 is 0 Å². The van der Waals surface area contributed by atoms with Gasteiger partial charge in [-0.1, -0.05) is 12.1 Å². The van der Waals surface area contributed by atoms with Crippen molar-refractivity contribution in [2.75, 3.05) is 36.4 Å². The summed E-state index contributed by atoms with van der Waals surface area (Å²) in [5, 5.41) is 3.11. The lowest BCUT2D eigenvalue weighted by Gasteiger charge is -2.20. The van der Waals surface area contributed by atoms with Gasteiger partial charge in [0.2, 0.25) is 17.8 Å². The molecule has 1 atom stereocenters. The van der Waals surface area contributed by atoms with Crippen LogP contribution in [-0.2, 0) is 9.59 Å². The Kier molecular flexibility index (Phi) is 5.57. The third-order valence-electron chi connectivity index (χ3n) is 6.02. The van der Waals surface area contributed by atoms with E-state index in [0.29, 0.717) is 44.1 Å².